The first-order valence-electron chi connectivity index (χ1n) is 9.60. The number of anilines is 2. The fourth-order valence-corrected chi connectivity index (χ4v) is 4.38. The van der Waals surface area contributed by atoms with E-state index in [0.717, 1.165) is 30.3 Å². The summed E-state index contributed by atoms with van der Waals surface area (Å²) in [5, 5.41) is 9.58. The lowest BCUT2D eigenvalue weighted by atomic mass is 9.89. The molecule has 0 radical (unpaired) electrons. The Morgan fingerprint density at radius 1 is 1.23 bits per heavy atom. The van der Waals surface area contributed by atoms with E-state index in [1.165, 1.54) is 0 Å². The molecule has 2 aromatic heterocycles. The predicted molar refractivity (Wildman–Crippen MR) is 120 cm³/mol. The molecular formula is C21H22ClN5O2S. The molecule has 0 aliphatic carbocycles. The van der Waals surface area contributed by atoms with Crippen LogP contribution in [-0.4, -0.2) is 42.2 Å². The van der Waals surface area contributed by atoms with Gasteiger partial charge in [-0.25, -0.2) is 9.78 Å². The number of ether oxygens (including phenoxy) is 1. The van der Waals surface area contributed by atoms with E-state index in [1.54, 1.807) is 48.9 Å². The van der Waals surface area contributed by atoms with Crippen molar-refractivity contribution < 1.29 is 9.53 Å². The number of hydrogen-bond donors (Lipinski definition) is 2. The van der Waals surface area contributed by atoms with Crippen LogP contribution < -0.4 is 20.3 Å². The third kappa shape index (κ3) is 4.83. The van der Waals surface area contributed by atoms with Gasteiger partial charge >= 0.3 is 6.03 Å². The summed E-state index contributed by atoms with van der Waals surface area (Å²) in [6, 6.07) is 10.6. The van der Waals surface area contributed by atoms with E-state index in [9.17, 15) is 4.79 Å². The minimum Gasteiger partial charge on any atom is -0.495 e. The Labute approximate surface area is 184 Å². The van der Waals surface area contributed by atoms with Crippen molar-refractivity contribution in [2.24, 2.45) is 0 Å². The molecule has 30 heavy (non-hydrogen) atoms. The first-order chi connectivity index (χ1) is 14.6. The van der Waals surface area contributed by atoms with E-state index in [-0.39, 0.29) is 18.0 Å². The maximum absolute atomic E-state index is 12.6. The molecule has 2 N–H and O–H groups in total. The highest BCUT2D eigenvalue weighted by Gasteiger charge is 2.33. The summed E-state index contributed by atoms with van der Waals surface area (Å²) in [4.78, 5) is 23.9. The summed E-state index contributed by atoms with van der Waals surface area (Å²) in [5.41, 5.74) is 1.60. The Balaban J connectivity index is 1.50. The smallest absolute Gasteiger partial charge is 0.319 e. The van der Waals surface area contributed by atoms with Gasteiger partial charge in [0.2, 0.25) is 0 Å². The number of aromatic nitrogens is 2. The highest BCUT2D eigenvalue weighted by atomic mass is 35.5. The van der Waals surface area contributed by atoms with Crippen molar-refractivity contribution in [3.05, 3.63) is 64.9 Å². The molecule has 7 nitrogen and oxygen atoms in total. The molecule has 0 unspecified atom stereocenters. The Morgan fingerprint density at radius 2 is 2.07 bits per heavy atom. The molecule has 156 valence electrons. The Hall–Kier alpha value is -2.84. The van der Waals surface area contributed by atoms with Crippen molar-refractivity contribution in [3.63, 3.8) is 0 Å². The molecule has 1 aliphatic rings. The fourth-order valence-electron chi connectivity index (χ4n) is 3.57. The summed E-state index contributed by atoms with van der Waals surface area (Å²) >= 11 is 7.53. The Morgan fingerprint density at radius 3 is 2.73 bits per heavy atom. The van der Waals surface area contributed by atoms with Crippen LogP contribution in [0.2, 0.25) is 5.02 Å². The second-order valence-corrected chi connectivity index (χ2v) is 8.30. The van der Waals surface area contributed by atoms with Gasteiger partial charge in [0.05, 0.1) is 13.3 Å². The van der Waals surface area contributed by atoms with Crippen LogP contribution in [0.15, 0.2) is 54.2 Å². The molecule has 0 saturated carbocycles. The van der Waals surface area contributed by atoms with Crippen LogP contribution in [0, 0.1) is 0 Å². The summed E-state index contributed by atoms with van der Waals surface area (Å²) in [6.45, 7) is 1.53. The van der Waals surface area contributed by atoms with Gasteiger partial charge in [0.15, 0.2) is 5.13 Å². The molecule has 1 aromatic carbocycles. The molecule has 2 atom stereocenters. The Kier molecular flexibility index (Phi) is 6.35. The van der Waals surface area contributed by atoms with Gasteiger partial charge in [-0.3, -0.25) is 4.98 Å². The number of carbonyl (C=O) groups excluding carboxylic acids is 1. The topological polar surface area (TPSA) is 79.4 Å². The van der Waals surface area contributed by atoms with E-state index in [1.807, 2.05) is 23.7 Å². The average molecular weight is 444 g/mol. The molecule has 1 fully saturated rings. The number of hydrogen-bond acceptors (Lipinski definition) is 6. The van der Waals surface area contributed by atoms with Crippen molar-refractivity contribution >= 4 is 39.8 Å². The van der Waals surface area contributed by atoms with Crippen molar-refractivity contribution in [1.82, 2.24) is 15.3 Å². The number of urea groups is 1. The second kappa shape index (κ2) is 9.32. The number of carbonyl (C=O) groups is 1. The average Bonchev–Trinajstić information content (AvgIpc) is 3.31. The third-order valence-corrected chi connectivity index (χ3v) is 6.18. The van der Waals surface area contributed by atoms with Crippen LogP contribution in [0.4, 0.5) is 15.6 Å². The lowest BCUT2D eigenvalue weighted by Crippen LogP contribution is -2.51. The number of halogens is 1. The van der Waals surface area contributed by atoms with Gasteiger partial charge in [-0.05, 0) is 42.8 Å². The number of benzene rings is 1. The number of rotatable bonds is 5. The molecule has 1 saturated heterocycles. The van der Waals surface area contributed by atoms with Gasteiger partial charge in [-0.15, -0.1) is 11.3 Å². The molecular weight excluding hydrogens is 422 g/mol. The standard InChI is InChI=1S/C21H22ClN5O2S/c1-29-16-6-7-18(24-12-16)17-13-27(21-23-9-11-30-21)10-8-19(17)26-20(28)25-15-4-2-14(22)3-5-15/h2-7,9,11-12,17,19H,8,10,13H2,1H3,(H2,25,26,28)/t17-,19+/m0/s1. The van der Waals surface area contributed by atoms with Gasteiger partial charge in [0.25, 0.3) is 0 Å². The number of methoxy groups -OCH3 is 1. The van der Waals surface area contributed by atoms with Gasteiger partial charge in [-0.1, -0.05) is 11.6 Å². The second-order valence-electron chi connectivity index (χ2n) is 6.99. The SMILES string of the molecule is COc1ccc([C@@H]2CN(c3nccs3)CC[C@H]2NC(=O)Nc2ccc(Cl)cc2)nc1. The quantitative estimate of drug-likeness (QED) is 0.611. The number of amides is 2. The summed E-state index contributed by atoms with van der Waals surface area (Å²) < 4.78 is 5.23. The van der Waals surface area contributed by atoms with Crippen molar-refractivity contribution in [3.8, 4) is 5.75 Å². The molecule has 1 aliphatic heterocycles. The van der Waals surface area contributed by atoms with Gasteiger partial charge in [0.1, 0.15) is 5.75 Å². The van der Waals surface area contributed by atoms with Crippen molar-refractivity contribution in [2.75, 3.05) is 30.4 Å². The third-order valence-electron chi connectivity index (χ3n) is 5.10. The molecule has 3 heterocycles. The van der Waals surface area contributed by atoms with E-state index in [2.05, 4.69) is 25.5 Å². The summed E-state index contributed by atoms with van der Waals surface area (Å²) in [6.07, 6.45) is 4.30. The number of piperidine rings is 1. The van der Waals surface area contributed by atoms with Crippen LogP contribution in [0.5, 0.6) is 5.75 Å². The van der Waals surface area contributed by atoms with Crippen molar-refractivity contribution in [2.45, 2.75) is 18.4 Å². The Bertz CT molecular complexity index is 966. The number of nitrogens with one attached hydrogen (secondary N) is 2. The van der Waals surface area contributed by atoms with E-state index in [4.69, 9.17) is 16.3 Å². The molecule has 4 rings (SSSR count). The minimum absolute atomic E-state index is 0.0181. The van der Waals surface area contributed by atoms with Gasteiger partial charge < -0.3 is 20.3 Å². The zero-order chi connectivity index (χ0) is 20.9. The molecule has 2 amide bonds. The normalized spacial score (nSPS) is 18.7. The summed E-state index contributed by atoms with van der Waals surface area (Å²) in [7, 11) is 1.62. The highest BCUT2D eigenvalue weighted by molar-refractivity contribution is 7.13. The number of thiazole rings is 1. The van der Waals surface area contributed by atoms with Crippen molar-refractivity contribution in [1.29, 1.82) is 0 Å². The van der Waals surface area contributed by atoms with E-state index in [0.29, 0.717) is 16.5 Å². The zero-order valence-corrected chi connectivity index (χ0v) is 18.0. The van der Waals surface area contributed by atoms with Crippen LogP contribution in [0.3, 0.4) is 0 Å². The van der Waals surface area contributed by atoms with E-state index < -0.39 is 0 Å². The molecule has 3 aromatic rings. The lowest BCUT2D eigenvalue weighted by molar-refractivity contribution is 0.243. The van der Waals surface area contributed by atoms with Gasteiger partial charge in [0, 0.05) is 53.0 Å². The minimum atomic E-state index is -0.247. The number of nitrogens with zero attached hydrogens (tertiary/aromatic N) is 3. The fraction of sp³-hybridized carbons (Fsp3) is 0.286. The highest BCUT2D eigenvalue weighted by Crippen LogP contribution is 2.31. The maximum Gasteiger partial charge on any atom is 0.319 e. The monoisotopic (exact) mass is 443 g/mol. The largest absolute Gasteiger partial charge is 0.495 e. The lowest BCUT2D eigenvalue weighted by Gasteiger charge is -2.38. The predicted octanol–water partition coefficient (Wildman–Crippen LogP) is 4.38. The first-order valence-corrected chi connectivity index (χ1v) is 10.9. The summed E-state index contributed by atoms with van der Waals surface area (Å²) in [5.74, 6) is 0.723. The van der Waals surface area contributed by atoms with Crippen LogP contribution in [0.1, 0.15) is 18.0 Å². The molecule has 9 heteroatoms. The van der Waals surface area contributed by atoms with Crippen LogP contribution in [0.25, 0.3) is 0 Å². The van der Waals surface area contributed by atoms with Gasteiger partial charge in [-0.2, -0.15) is 0 Å². The molecule has 0 spiro atoms. The van der Waals surface area contributed by atoms with Crippen LogP contribution in [-0.2, 0) is 0 Å². The molecule has 0 bridgehead atoms. The van der Waals surface area contributed by atoms with Crippen LogP contribution >= 0.6 is 22.9 Å². The first kappa shape index (κ1) is 20.4. The number of pyridine rings is 1. The van der Waals surface area contributed by atoms with E-state index >= 15 is 0 Å². The maximum atomic E-state index is 12.6. The zero-order valence-electron chi connectivity index (χ0n) is 16.4.